The summed E-state index contributed by atoms with van der Waals surface area (Å²) in [7, 11) is 1.68. The Bertz CT molecular complexity index is 1380. The first-order valence-corrected chi connectivity index (χ1v) is 14.7. The quantitative estimate of drug-likeness (QED) is 0.253. The van der Waals surface area contributed by atoms with E-state index in [1.807, 2.05) is 25.3 Å². The Kier molecular flexibility index (Phi) is 9.41. The summed E-state index contributed by atoms with van der Waals surface area (Å²) in [5, 5.41) is 9.17. The average Bonchev–Trinajstić information content (AvgIpc) is 3.39. The van der Waals surface area contributed by atoms with E-state index in [0.717, 1.165) is 65.1 Å². The topological polar surface area (TPSA) is 97.4 Å². The number of nitrogens with zero attached hydrogens (tertiary/aromatic N) is 2. The van der Waals surface area contributed by atoms with Crippen LogP contribution in [0.2, 0.25) is 0 Å². The van der Waals surface area contributed by atoms with E-state index >= 15 is 4.39 Å². The van der Waals surface area contributed by atoms with Gasteiger partial charge in [0.2, 0.25) is 0 Å². The molecule has 0 radical (unpaired) electrons. The molecule has 2 aliphatic carbocycles. The van der Waals surface area contributed by atoms with Gasteiger partial charge in [-0.05, 0) is 43.0 Å². The van der Waals surface area contributed by atoms with Gasteiger partial charge in [-0.25, -0.2) is 9.18 Å². The van der Waals surface area contributed by atoms with E-state index in [9.17, 15) is 4.79 Å². The first-order chi connectivity index (χ1) is 19.5. The van der Waals surface area contributed by atoms with Crippen molar-refractivity contribution >= 4 is 27.6 Å². The second kappa shape index (κ2) is 13.3. The molecule has 0 spiro atoms. The summed E-state index contributed by atoms with van der Waals surface area (Å²) in [6, 6.07) is 7.70. The number of ether oxygens (including phenoxy) is 2. The third-order valence-electron chi connectivity index (χ3n) is 7.21. The molecule has 3 aromatic heterocycles. The maximum absolute atomic E-state index is 15.3. The first-order valence-electron chi connectivity index (χ1n) is 13.9. The number of carbonyl (C=O) groups is 1. The fourth-order valence-electron chi connectivity index (χ4n) is 5.11. The molecular weight excluding hydrogens is 529 g/mol. The van der Waals surface area contributed by atoms with Crippen molar-refractivity contribution in [2.24, 2.45) is 5.92 Å². The number of hydrogen-bond acceptors (Lipinski definition) is 7. The molecule has 0 aromatic carbocycles. The van der Waals surface area contributed by atoms with Gasteiger partial charge in [0.25, 0.3) is 0 Å². The third kappa shape index (κ3) is 7.04. The van der Waals surface area contributed by atoms with E-state index < -0.39 is 5.83 Å². The Morgan fingerprint density at radius 1 is 1.18 bits per heavy atom. The van der Waals surface area contributed by atoms with Gasteiger partial charge < -0.3 is 25.4 Å². The zero-order valence-electron chi connectivity index (χ0n) is 23.0. The summed E-state index contributed by atoms with van der Waals surface area (Å²) in [6.07, 6.45) is 10.8. The van der Waals surface area contributed by atoms with Crippen LogP contribution in [0.25, 0.3) is 20.8 Å². The number of rotatable bonds is 10. The normalized spacial score (nSPS) is 18.1. The summed E-state index contributed by atoms with van der Waals surface area (Å²) in [5.41, 5.74) is 3.25. The van der Waals surface area contributed by atoms with Crippen LogP contribution in [0.5, 0.6) is 5.75 Å². The van der Waals surface area contributed by atoms with Gasteiger partial charge in [-0.3, -0.25) is 9.97 Å². The van der Waals surface area contributed by atoms with Crippen molar-refractivity contribution in [3.05, 3.63) is 65.6 Å². The number of halogens is 1. The number of allylic oxidation sites excluding steroid dienone is 4. The first kappa shape index (κ1) is 28.2. The minimum Gasteiger partial charge on any atom is -0.457 e. The predicted octanol–water partition coefficient (Wildman–Crippen LogP) is 6.21. The summed E-state index contributed by atoms with van der Waals surface area (Å²) in [6.45, 7) is 4.06. The lowest BCUT2D eigenvalue weighted by Crippen LogP contribution is -2.43. The van der Waals surface area contributed by atoms with E-state index in [4.69, 9.17) is 9.47 Å². The second-order valence-electron chi connectivity index (χ2n) is 10.4. The number of hydrogen-bond donors (Lipinski definition) is 3. The lowest BCUT2D eigenvalue weighted by molar-refractivity contribution is 0.199. The molecule has 0 saturated heterocycles. The molecule has 3 N–H and O–H groups in total. The molecule has 40 heavy (non-hydrogen) atoms. The van der Waals surface area contributed by atoms with Crippen molar-refractivity contribution in [3.63, 3.8) is 0 Å². The molecule has 10 heteroatoms. The highest BCUT2D eigenvalue weighted by Crippen LogP contribution is 2.39. The molecule has 212 valence electrons. The van der Waals surface area contributed by atoms with E-state index in [2.05, 4.69) is 32.0 Å². The van der Waals surface area contributed by atoms with Crippen LogP contribution in [0.3, 0.4) is 0 Å². The van der Waals surface area contributed by atoms with Crippen LogP contribution in [0.4, 0.5) is 9.18 Å². The van der Waals surface area contributed by atoms with Crippen molar-refractivity contribution in [1.82, 2.24) is 25.9 Å². The van der Waals surface area contributed by atoms with Crippen LogP contribution in [-0.4, -0.2) is 42.3 Å². The van der Waals surface area contributed by atoms with Crippen molar-refractivity contribution in [2.45, 2.75) is 58.0 Å². The van der Waals surface area contributed by atoms with E-state index in [1.54, 1.807) is 19.4 Å². The summed E-state index contributed by atoms with van der Waals surface area (Å²) in [4.78, 5) is 22.6. The maximum atomic E-state index is 15.3. The second-order valence-corrected chi connectivity index (χ2v) is 11.4. The van der Waals surface area contributed by atoms with Gasteiger partial charge in [-0.1, -0.05) is 32.3 Å². The molecule has 1 fully saturated rings. The fraction of sp³-hybridized carbons (Fsp3) is 0.433. The molecular formula is C30H36FN5O3S. The van der Waals surface area contributed by atoms with Crippen LogP contribution in [0.1, 0.15) is 51.0 Å². The zero-order chi connectivity index (χ0) is 27.9. The van der Waals surface area contributed by atoms with Gasteiger partial charge in [0.05, 0.1) is 27.4 Å². The van der Waals surface area contributed by atoms with Gasteiger partial charge in [0.15, 0.2) is 5.83 Å². The van der Waals surface area contributed by atoms with Crippen molar-refractivity contribution in [2.75, 3.05) is 20.3 Å². The summed E-state index contributed by atoms with van der Waals surface area (Å²) >= 11 is 1.52. The Hall–Kier alpha value is -3.34. The Balaban J connectivity index is 1.27. The number of urea groups is 1. The predicted molar refractivity (Wildman–Crippen MR) is 156 cm³/mol. The van der Waals surface area contributed by atoms with Crippen LogP contribution in [-0.2, 0) is 11.3 Å². The summed E-state index contributed by atoms with van der Waals surface area (Å²) < 4.78 is 27.3. The molecule has 0 aliphatic heterocycles. The molecule has 1 saturated carbocycles. The Morgan fingerprint density at radius 2 is 2.02 bits per heavy atom. The molecule has 0 bridgehead atoms. The SMILES string of the molecule is COCCNCc1ccc(-c2cc3nccc(OC4=C(F)C=C(NC(=O)NC5CCCCC5)CC4C)c3s2)nc1. The number of fused-ring (bicyclic) bond motifs is 1. The third-order valence-corrected chi connectivity index (χ3v) is 8.37. The number of nitrogens with one attached hydrogen (secondary N) is 3. The minimum absolute atomic E-state index is 0.190. The number of carbonyl (C=O) groups excluding carboxylic acids is 1. The monoisotopic (exact) mass is 565 g/mol. The maximum Gasteiger partial charge on any atom is 0.319 e. The minimum atomic E-state index is -0.482. The number of pyridine rings is 2. The standard InChI is InChI=1S/C30H36FN5O3S/c1-19-14-22(36-30(37)35-21-6-4-3-5-7-21)15-23(31)28(19)39-26-10-11-33-25-16-27(40-29(25)26)24-9-8-20(18-34-24)17-32-12-13-38-2/h8-11,15-16,18-19,21,32H,3-7,12-14,17H2,1-2H3,(H2,35,36,37). The Labute approximate surface area is 238 Å². The molecule has 2 aliphatic rings. The highest BCUT2D eigenvalue weighted by molar-refractivity contribution is 7.22. The van der Waals surface area contributed by atoms with Gasteiger partial charge in [-0.2, -0.15) is 0 Å². The van der Waals surface area contributed by atoms with E-state index in [-0.39, 0.29) is 23.8 Å². The average molecular weight is 566 g/mol. The lowest BCUT2D eigenvalue weighted by Gasteiger charge is -2.26. The van der Waals surface area contributed by atoms with E-state index in [1.165, 1.54) is 23.8 Å². The van der Waals surface area contributed by atoms with Crippen LogP contribution < -0.4 is 20.7 Å². The smallest absolute Gasteiger partial charge is 0.319 e. The molecule has 1 atom stereocenters. The fourth-order valence-corrected chi connectivity index (χ4v) is 6.16. The van der Waals surface area contributed by atoms with E-state index in [0.29, 0.717) is 24.5 Å². The largest absolute Gasteiger partial charge is 0.457 e. The van der Waals surface area contributed by atoms with Crippen LogP contribution >= 0.6 is 11.3 Å². The van der Waals surface area contributed by atoms with Crippen molar-refractivity contribution in [3.8, 4) is 16.3 Å². The number of methoxy groups -OCH3 is 1. The van der Waals surface area contributed by atoms with Gasteiger partial charge in [0.1, 0.15) is 11.5 Å². The Morgan fingerprint density at radius 3 is 2.77 bits per heavy atom. The van der Waals surface area contributed by atoms with Crippen molar-refractivity contribution in [1.29, 1.82) is 0 Å². The van der Waals surface area contributed by atoms with Gasteiger partial charge in [0, 0.05) is 56.3 Å². The molecule has 8 nitrogen and oxygen atoms in total. The number of thiophene rings is 1. The molecule has 1 unspecified atom stereocenters. The number of aromatic nitrogens is 2. The highest BCUT2D eigenvalue weighted by Gasteiger charge is 2.26. The van der Waals surface area contributed by atoms with Gasteiger partial charge in [-0.15, -0.1) is 11.3 Å². The van der Waals surface area contributed by atoms with Crippen LogP contribution in [0.15, 0.2) is 60.0 Å². The van der Waals surface area contributed by atoms with Gasteiger partial charge >= 0.3 is 6.03 Å². The molecule has 5 rings (SSSR count). The molecule has 2 amide bonds. The zero-order valence-corrected chi connectivity index (χ0v) is 23.8. The highest BCUT2D eigenvalue weighted by atomic mass is 32.1. The molecule has 3 aromatic rings. The number of amides is 2. The summed E-state index contributed by atoms with van der Waals surface area (Å²) in [5.74, 6) is 0.0790. The van der Waals surface area contributed by atoms with Crippen LogP contribution in [0, 0.1) is 5.92 Å². The molecule has 3 heterocycles. The van der Waals surface area contributed by atoms with Crippen molar-refractivity contribution < 1.29 is 18.7 Å². The lowest BCUT2D eigenvalue weighted by atomic mass is 9.95.